The molecule has 0 amide bonds. The maximum absolute atomic E-state index is 10.3. The van der Waals surface area contributed by atoms with Crippen molar-refractivity contribution >= 4 is 17.9 Å². The first kappa shape index (κ1) is 30.2. The van der Waals surface area contributed by atoms with E-state index in [0.29, 0.717) is 0 Å². The molecule has 0 rings (SSSR count). The summed E-state index contributed by atoms with van der Waals surface area (Å²) >= 11 is 0. The van der Waals surface area contributed by atoms with Crippen molar-refractivity contribution in [3.63, 3.8) is 0 Å². The zero-order valence-corrected chi connectivity index (χ0v) is 11.3. The minimum Gasteiger partial charge on any atom is -0.870 e. The monoisotopic (exact) mass is 256 g/mol. The van der Waals surface area contributed by atoms with Crippen molar-refractivity contribution < 1.29 is 94.2 Å². The molecule has 0 bridgehead atoms. The van der Waals surface area contributed by atoms with Gasteiger partial charge in [-0.1, -0.05) is 0 Å². The summed E-state index contributed by atoms with van der Waals surface area (Å²) in [5, 5.41) is 33.8. The molecule has 0 saturated heterocycles. The molecule has 0 aliphatic rings. The molecule has 0 saturated carbocycles. The Morgan fingerprint density at radius 2 is 1.12 bits per heavy atom. The van der Waals surface area contributed by atoms with Crippen molar-refractivity contribution in [1.29, 1.82) is 0 Å². The molecule has 9 nitrogen and oxygen atoms in total. The summed E-state index contributed by atoms with van der Waals surface area (Å²) in [6, 6.07) is 0. The Kier molecular flexibility index (Phi) is 21.9. The number of rotatable bonds is 5. The number of hydrogen-bond donors (Lipinski definition) is 4. The minimum absolute atomic E-state index is 0. The Hall–Kier alpha value is -0.113. The first-order valence-corrected chi connectivity index (χ1v) is 3.17. The fourth-order valence-electron chi connectivity index (χ4n) is 0.714. The summed E-state index contributed by atoms with van der Waals surface area (Å²) in [4.78, 5) is 30.5. The summed E-state index contributed by atoms with van der Waals surface area (Å²) in [5.41, 5.74) is -2.74. The van der Waals surface area contributed by atoms with Crippen molar-refractivity contribution in [2.24, 2.45) is 0 Å². The van der Waals surface area contributed by atoms with Gasteiger partial charge < -0.3 is 31.4 Å². The average Bonchev–Trinajstić information content (AvgIpc) is 1.82. The molecule has 0 aromatic carbocycles. The molecule has 17 heavy (non-hydrogen) atoms. The molecule has 0 fully saturated rings. The van der Waals surface area contributed by atoms with Gasteiger partial charge in [-0.15, -0.1) is 0 Å². The second-order valence-electron chi connectivity index (χ2n) is 2.48. The molecule has 11 heteroatoms. The maximum Gasteiger partial charge on any atom is 1.00 e. The van der Waals surface area contributed by atoms with E-state index in [2.05, 4.69) is 0 Å². The van der Waals surface area contributed by atoms with Crippen LogP contribution in [-0.2, 0) is 14.4 Å². The minimum atomic E-state index is -2.74. The van der Waals surface area contributed by atoms with Crippen LogP contribution < -0.4 is 48.4 Å². The Labute approximate surface area is 130 Å². The van der Waals surface area contributed by atoms with E-state index in [1.54, 1.807) is 0 Å². The number of carboxylic acids is 3. The number of aliphatic carboxylic acids is 3. The largest absolute Gasteiger partial charge is 1.00 e. The third kappa shape index (κ3) is 12.1. The van der Waals surface area contributed by atoms with Crippen molar-refractivity contribution in [2.75, 3.05) is 0 Å². The van der Waals surface area contributed by atoms with E-state index < -0.39 is 36.4 Å². The first-order chi connectivity index (χ1) is 5.78. The quantitative estimate of drug-likeness (QED) is 0.345. The molecule has 0 spiro atoms. The topological polar surface area (TPSA) is 192 Å². The fraction of sp³-hybridized carbons (Fsp3) is 0.500. The van der Waals surface area contributed by atoms with Gasteiger partial charge in [0.15, 0.2) is 5.60 Å². The van der Waals surface area contributed by atoms with Crippen LogP contribution in [0.1, 0.15) is 12.8 Å². The SMILES string of the molecule is O=C(O)CC(O)(CC(=O)O)C(=O)O.[Li+].[Na+].[OH-].[OH-]. The van der Waals surface area contributed by atoms with Crippen LogP contribution in [0.4, 0.5) is 0 Å². The van der Waals surface area contributed by atoms with Gasteiger partial charge in [-0.2, -0.15) is 0 Å². The second kappa shape index (κ2) is 12.3. The van der Waals surface area contributed by atoms with Crippen LogP contribution in [0, 0.1) is 0 Å². The molecule has 0 radical (unpaired) electrons. The fourth-order valence-corrected chi connectivity index (χ4v) is 0.714. The van der Waals surface area contributed by atoms with Gasteiger partial charge in [0.1, 0.15) is 0 Å². The number of aliphatic hydroxyl groups is 1. The van der Waals surface area contributed by atoms with Gasteiger partial charge in [-0.05, 0) is 0 Å². The van der Waals surface area contributed by atoms with Crippen LogP contribution >= 0.6 is 0 Å². The van der Waals surface area contributed by atoms with Gasteiger partial charge in [0.05, 0.1) is 12.8 Å². The third-order valence-corrected chi connectivity index (χ3v) is 1.29. The van der Waals surface area contributed by atoms with Crippen LogP contribution in [0.25, 0.3) is 0 Å². The molecule has 0 aliphatic carbocycles. The maximum atomic E-state index is 10.3. The zero-order chi connectivity index (χ0) is 10.6. The van der Waals surface area contributed by atoms with E-state index in [4.69, 9.17) is 20.4 Å². The average molecular weight is 256 g/mol. The summed E-state index contributed by atoms with van der Waals surface area (Å²) < 4.78 is 0. The zero-order valence-electron chi connectivity index (χ0n) is 9.32. The molecule has 6 N–H and O–H groups in total. The van der Waals surface area contributed by atoms with E-state index in [-0.39, 0.29) is 59.4 Å². The summed E-state index contributed by atoms with van der Waals surface area (Å²) in [6.45, 7) is 0. The van der Waals surface area contributed by atoms with Crippen LogP contribution in [0.5, 0.6) is 0 Å². The third-order valence-electron chi connectivity index (χ3n) is 1.29. The molecular weight excluding hydrogens is 246 g/mol. The van der Waals surface area contributed by atoms with Gasteiger partial charge in [-0.3, -0.25) is 9.59 Å². The van der Waals surface area contributed by atoms with Gasteiger partial charge in [-0.25, -0.2) is 4.79 Å². The van der Waals surface area contributed by atoms with Gasteiger partial charge in [0.25, 0.3) is 0 Å². The standard InChI is InChI=1S/C6H8O7.Li.Na.2H2O/c7-3(8)1-6(13,5(11)12)2-4(9)10;;;;/h13H,1-2H2,(H,7,8)(H,9,10)(H,11,12);;;2*1H2/q;2*+1;;/p-2. The summed E-state index contributed by atoms with van der Waals surface area (Å²) in [6.07, 6.45) is -2.29. The summed E-state index contributed by atoms with van der Waals surface area (Å²) in [7, 11) is 0. The van der Waals surface area contributed by atoms with E-state index in [1.807, 2.05) is 0 Å². The van der Waals surface area contributed by atoms with Gasteiger partial charge >= 0.3 is 66.3 Å². The summed E-state index contributed by atoms with van der Waals surface area (Å²) in [5.74, 6) is -5.02. The molecule has 0 unspecified atom stereocenters. The van der Waals surface area contributed by atoms with E-state index >= 15 is 0 Å². The first-order valence-electron chi connectivity index (χ1n) is 3.17. The normalized spacial score (nSPS) is 8.29. The van der Waals surface area contributed by atoms with Gasteiger partial charge in [0, 0.05) is 0 Å². The number of carbonyl (C=O) groups is 3. The van der Waals surface area contributed by atoms with Crippen molar-refractivity contribution in [1.82, 2.24) is 0 Å². The Balaban J connectivity index is -0.000000120. The van der Waals surface area contributed by atoms with Crippen LogP contribution in [-0.4, -0.2) is 54.9 Å². The van der Waals surface area contributed by atoms with Crippen molar-refractivity contribution in [2.45, 2.75) is 18.4 Å². The predicted octanol–water partition coefficient (Wildman–Crippen LogP) is -7.59. The Bertz CT molecular complexity index is 240. The van der Waals surface area contributed by atoms with Crippen molar-refractivity contribution in [3.8, 4) is 0 Å². The number of hydrogen-bond acceptors (Lipinski definition) is 6. The molecule has 0 atom stereocenters. The number of carboxylic acid groups (broad SMARTS) is 3. The van der Waals surface area contributed by atoms with E-state index in [0.717, 1.165) is 0 Å². The molecule has 90 valence electrons. The predicted molar refractivity (Wildman–Crippen MR) is 41.0 cm³/mol. The smallest absolute Gasteiger partial charge is 0.870 e. The van der Waals surface area contributed by atoms with Crippen LogP contribution in [0.2, 0.25) is 0 Å². The molecule has 0 aromatic heterocycles. The van der Waals surface area contributed by atoms with Crippen molar-refractivity contribution in [3.05, 3.63) is 0 Å². The van der Waals surface area contributed by atoms with Crippen LogP contribution in [0.15, 0.2) is 0 Å². The Morgan fingerprint density at radius 1 is 0.882 bits per heavy atom. The molecule has 0 aromatic rings. The molecule has 0 heterocycles. The Morgan fingerprint density at radius 3 is 1.24 bits per heavy atom. The molecular formula is C6H10LiNaO9. The second-order valence-corrected chi connectivity index (χ2v) is 2.48. The van der Waals surface area contributed by atoms with Gasteiger partial charge in [0.2, 0.25) is 0 Å². The van der Waals surface area contributed by atoms with E-state index in [1.165, 1.54) is 0 Å². The molecule has 0 aliphatic heterocycles. The van der Waals surface area contributed by atoms with E-state index in [9.17, 15) is 14.4 Å². The van der Waals surface area contributed by atoms with Crippen LogP contribution in [0.3, 0.4) is 0 Å².